The normalized spacial score (nSPS) is 21.9. The van der Waals surface area contributed by atoms with E-state index in [-0.39, 0.29) is 24.9 Å². The van der Waals surface area contributed by atoms with Gasteiger partial charge in [-0.3, -0.25) is 9.69 Å². The summed E-state index contributed by atoms with van der Waals surface area (Å²) in [4.78, 5) is 13.4. The van der Waals surface area contributed by atoms with E-state index in [0.717, 1.165) is 12.8 Å². The highest BCUT2D eigenvalue weighted by molar-refractivity contribution is 5.79. The number of hydrogen-bond donors (Lipinski definition) is 2. The predicted molar refractivity (Wildman–Crippen MR) is 78.3 cm³/mol. The minimum Gasteiger partial charge on any atom is -0.391 e. The van der Waals surface area contributed by atoms with Crippen LogP contribution in [0.4, 0.5) is 13.2 Å². The Bertz CT molecular complexity index is 346. The molecule has 0 aromatic heterocycles. The number of halogens is 3. The van der Waals surface area contributed by atoms with Gasteiger partial charge in [-0.15, -0.1) is 0 Å². The van der Waals surface area contributed by atoms with Crippen molar-refractivity contribution in [2.45, 2.75) is 51.8 Å². The van der Waals surface area contributed by atoms with Crippen LogP contribution in [0.15, 0.2) is 0 Å². The number of carbonyl (C=O) groups is 1. The second-order valence-electron chi connectivity index (χ2n) is 6.08. The zero-order valence-electron chi connectivity index (χ0n) is 13.3. The van der Waals surface area contributed by atoms with Crippen molar-refractivity contribution in [3.8, 4) is 0 Å². The largest absolute Gasteiger partial charge is 0.401 e. The first-order valence-electron chi connectivity index (χ1n) is 8.01. The molecule has 4 nitrogen and oxygen atoms in total. The van der Waals surface area contributed by atoms with Gasteiger partial charge in [0.2, 0.25) is 5.91 Å². The maximum absolute atomic E-state index is 12.4. The molecule has 0 spiro atoms. The van der Waals surface area contributed by atoms with Crippen molar-refractivity contribution in [2.24, 2.45) is 11.8 Å². The number of aliphatic hydroxyl groups is 1. The highest BCUT2D eigenvalue weighted by atomic mass is 19.4. The monoisotopic (exact) mass is 324 g/mol. The van der Waals surface area contributed by atoms with Crippen molar-refractivity contribution in [1.29, 1.82) is 0 Å². The molecule has 1 rings (SSSR count). The van der Waals surface area contributed by atoms with Gasteiger partial charge in [-0.2, -0.15) is 13.2 Å². The molecule has 7 heteroatoms. The lowest BCUT2D eigenvalue weighted by molar-refractivity contribution is -0.152. The number of likely N-dealkylation sites (tertiary alicyclic amines) is 1. The molecule has 0 saturated carbocycles. The lowest BCUT2D eigenvalue weighted by Crippen LogP contribution is -2.47. The van der Waals surface area contributed by atoms with Crippen molar-refractivity contribution in [2.75, 3.05) is 26.2 Å². The van der Waals surface area contributed by atoms with E-state index in [4.69, 9.17) is 0 Å². The molecule has 0 aromatic rings. The van der Waals surface area contributed by atoms with Crippen LogP contribution < -0.4 is 5.32 Å². The van der Waals surface area contributed by atoms with Crippen LogP contribution in [0.2, 0.25) is 0 Å². The third-order valence-corrected chi connectivity index (χ3v) is 4.36. The summed E-state index contributed by atoms with van der Waals surface area (Å²) in [5, 5.41) is 12.7. The maximum atomic E-state index is 12.4. The summed E-state index contributed by atoms with van der Waals surface area (Å²) in [5.74, 6) is -0.546. The zero-order valence-corrected chi connectivity index (χ0v) is 13.3. The number of alkyl halides is 3. The SMILES string of the molecule is CCC(CC)C(O)CNC(=O)C1CCCN(CC(F)(F)F)C1. The third-order valence-electron chi connectivity index (χ3n) is 4.36. The molecule has 22 heavy (non-hydrogen) atoms. The fourth-order valence-corrected chi connectivity index (χ4v) is 3.02. The molecule has 1 saturated heterocycles. The summed E-state index contributed by atoms with van der Waals surface area (Å²) in [6.45, 7) is 3.67. The van der Waals surface area contributed by atoms with Gasteiger partial charge >= 0.3 is 6.18 Å². The fourth-order valence-electron chi connectivity index (χ4n) is 3.02. The number of hydrogen-bond acceptors (Lipinski definition) is 3. The topological polar surface area (TPSA) is 52.6 Å². The highest BCUT2D eigenvalue weighted by Gasteiger charge is 2.34. The van der Waals surface area contributed by atoms with Crippen LogP contribution in [0.1, 0.15) is 39.5 Å². The summed E-state index contributed by atoms with van der Waals surface area (Å²) < 4.78 is 37.2. The van der Waals surface area contributed by atoms with Crippen molar-refractivity contribution >= 4 is 5.91 Å². The van der Waals surface area contributed by atoms with E-state index in [1.165, 1.54) is 4.90 Å². The first kappa shape index (κ1) is 19.2. The van der Waals surface area contributed by atoms with Gasteiger partial charge in [0.1, 0.15) is 0 Å². The van der Waals surface area contributed by atoms with E-state index in [9.17, 15) is 23.1 Å². The Balaban J connectivity index is 2.41. The number of piperidine rings is 1. The molecule has 130 valence electrons. The lowest BCUT2D eigenvalue weighted by atomic mass is 9.95. The molecule has 1 fully saturated rings. The van der Waals surface area contributed by atoms with Crippen LogP contribution in [0.5, 0.6) is 0 Å². The van der Waals surface area contributed by atoms with Gasteiger partial charge in [-0.05, 0) is 25.3 Å². The van der Waals surface area contributed by atoms with E-state index in [0.29, 0.717) is 19.4 Å². The Morgan fingerprint density at radius 3 is 2.55 bits per heavy atom. The number of nitrogens with one attached hydrogen (secondary N) is 1. The van der Waals surface area contributed by atoms with E-state index in [2.05, 4.69) is 5.32 Å². The number of amides is 1. The Morgan fingerprint density at radius 1 is 1.36 bits per heavy atom. The van der Waals surface area contributed by atoms with Gasteiger partial charge in [0.05, 0.1) is 18.6 Å². The Hall–Kier alpha value is -0.820. The van der Waals surface area contributed by atoms with Gasteiger partial charge in [0, 0.05) is 13.1 Å². The minimum atomic E-state index is -4.23. The summed E-state index contributed by atoms with van der Waals surface area (Å²) >= 11 is 0. The van der Waals surface area contributed by atoms with Crippen LogP contribution in [0.3, 0.4) is 0 Å². The Kier molecular flexibility index (Phi) is 7.62. The zero-order chi connectivity index (χ0) is 16.8. The standard InChI is InChI=1S/C15H27F3N2O2/c1-3-11(4-2)13(21)8-19-14(22)12-6-5-7-20(9-12)10-15(16,17)18/h11-13,21H,3-10H2,1-2H3,(H,19,22). The molecule has 1 aliphatic heterocycles. The van der Waals surface area contributed by atoms with Gasteiger partial charge in [-0.25, -0.2) is 0 Å². The minimum absolute atomic E-state index is 0.131. The predicted octanol–water partition coefficient (Wildman–Crippen LogP) is 2.17. The molecule has 2 atom stereocenters. The first-order valence-corrected chi connectivity index (χ1v) is 8.01. The van der Waals surface area contributed by atoms with Crippen LogP contribution in [-0.4, -0.2) is 54.4 Å². The maximum Gasteiger partial charge on any atom is 0.401 e. The molecule has 1 amide bonds. The first-order chi connectivity index (χ1) is 10.3. The van der Waals surface area contributed by atoms with Crippen molar-refractivity contribution < 1.29 is 23.1 Å². The molecular formula is C15H27F3N2O2. The smallest absolute Gasteiger partial charge is 0.391 e. The molecule has 0 aromatic carbocycles. The van der Waals surface area contributed by atoms with E-state index >= 15 is 0 Å². The van der Waals surface area contributed by atoms with Gasteiger partial charge in [0.15, 0.2) is 0 Å². The number of aliphatic hydroxyl groups excluding tert-OH is 1. The van der Waals surface area contributed by atoms with Crippen molar-refractivity contribution in [3.05, 3.63) is 0 Å². The van der Waals surface area contributed by atoms with E-state index < -0.39 is 24.7 Å². The molecule has 2 unspecified atom stereocenters. The van der Waals surface area contributed by atoms with E-state index in [1.807, 2.05) is 13.8 Å². The number of nitrogens with zero attached hydrogens (tertiary/aromatic N) is 1. The van der Waals surface area contributed by atoms with Crippen molar-refractivity contribution in [3.63, 3.8) is 0 Å². The van der Waals surface area contributed by atoms with Gasteiger partial charge < -0.3 is 10.4 Å². The molecule has 0 bridgehead atoms. The lowest BCUT2D eigenvalue weighted by Gasteiger charge is -2.32. The number of carbonyl (C=O) groups excluding carboxylic acids is 1. The highest BCUT2D eigenvalue weighted by Crippen LogP contribution is 2.22. The summed E-state index contributed by atoms with van der Waals surface area (Å²) in [7, 11) is 0. The molecule has 1 heterocycles. The Morgan fingerprint density at radius 2 is 2.00 bits per heavy atom. The van der Waals surface area contributed by atoms with Crippen LogP contribution in [0, 0.1) is 11.8 Å². The van der Waals surface area contributed by atoms with Crippen LogP contribution in [-0.2, 0) is 4.79 Å². The average molecular weight is 324 g/mol. The van der Waals surface area contributed by atoms with Gasteiger partial charge in [-0.1, -0.05) is 26.7 Å². The molecule has 2 N–H and O–H groups in total. The third kappa shape index (κ3) is 6.52. The Labute approximate surface area is 130 Å². The number of rotatable bonds is 7. The van der Waals surface area contributed by atoms with E-state index in [1.54, 1.807) is 0 Å². The molecule has 0 radical (unpaired) electrons. The van der Waals surface area contributed by atoms with Crippen LogP contribution >= 0.6 is 0 Å². The molecule has 0 aliphatic carbocycles. The van der Waals surface area contributed by atoms with Gasteiger partial charge in [0.25, 0.3) is 0 Å². The second-order valence-corrected chi connectivity index (χ2v) is 6.08. The summed E-state index contributed by atoms with van der Waals surface area (Å²) in [5.41, 5.74) is 0. The van der Waals surface area contributed by atoms with Crippen LogP contribution in [0.25, 0.3) is 0 Å². The summed E-state index contributed by atoms with van der Waals surface area (Å²) in [6, 6.07) is 0. The summed E-state index contributed by atoms with van der Waals surface area (Å²) in [6.07, 6.45) is -1.99. The quantitative estimate of drug-likeness (QED) is 0.755. The molecular weight excluding hydrogens is 297 g/mol. The average Bonchev–Trinajstić information content (AvgIpc) is 2.44. The fraction of sp³-hybridized carbons (Fsp3) is 0.933. The molecule has 1 aliphatic rings. The second kappa shape index (κ2) is 8.72. The van der Waals surface area contributed by atoms with Crippen molar-refractivity contribution in [1.82, 2.24) is 10.2 Å².